The van der Waals surface area contributed by atoms with E-state index < -0.39 is 11.9 Å². The lowest BCUT2D eigenvalue weighted by Crippen LogP contribution is -2.12. The molecule has 0 aliphatic carbocycles. The Morgan fingerprint density at radius 1 is 0.955 bits per heavy atom. The number of hydrogen-bond acceptors (Lipinski definition) is 5. The van der Waals surface area contributed by atoms with E-state index in [0.29, 0.717) is 12.0 Å². The fourth-order valence-electron chi connectivity index (χ4n) is 1.92. The molecule has 118 valence electrons. The molecule has 1 aromatic rings. The summed E-state index contributed by atoms with van der Waals surface area (Å²) in [7, 11) is 0. The number of rotatable bonds is 5. The molecule has 0 amide bonds. The van der Waals surface area contributed by atoms with Crippen molar-refractivity contribution in [2.45, 2.75) is 41.0 Å². The molecule has 0 saturated heterocycles. The van der Waals surface area contributed by atoms with Crippen LogP contribution in [0, 0.1) is 0 Å². The largest absolute Gasteiger partial charge is 0.426 e. The lowest BCUT2D eigenvalue weighted by Gasteiger charge is -2.15. The van der Waals surface area contributed by atoms with Gasteiger partial charge in [-0.05, 0) is 38.8 Å². The molecule has 0 bridgehead atoms. The maximum atomic E-state index is 11.9. The van der Waals surface area contributed by atoms with Gasteiger partial charge in [-0.2, -0.15) is 0 Å². The maximum Gasteiger partial charge on any atom is 0.308 e. The van der Waals surface area contributed by atoms with Crippen LogP contribution in [0.1, 0.15) is 50.5 Å². The van der Waals surface area contributed by atoms with Gasteiger partial charge in [-0.3, -0.25) is 14.4 Å². The molecule has 0 radical (unpaired) electrons. The van der Waals surface area contributed by atoms with Gasteiger partial charge in [0.2, 0.25) is 0 Å². The van der Waals surface area contributed by atoms with Crippen molar-refractivity contribution in [2.24, 2.45) is 0 Å². The van der Waals surface area contributed by atoms with Crippen LogP contribution in [-0.2, 0) is 16.0 Å². The lowest BCUT2D eigenvalue weighted by atomic mass is 10.0. The van der Waals surface area contributed by atoms with E-state index in [9.17, 15) is 14.4 Å². The SMILES string of the molecule is CC(=O)Oc1ccc(CC=C(C)C)c(OC(C)=O)c1C(C)=O. The predicted molar refractivity (Wildman–Crippen MR) is 82.2 cm³/mol. The van der Waals surface area contributed by atoms with Crippen molar-refractivity contribution in [1.82, 2.24) is 0 Å². The van der Waals surface area contributed by atoms with Gasteiger partial charge in [0, 0.05) is 13.8 Å². The number of hydrogen-bond donors (Lipinski definition) is 0. The molecule has 0 saturated carbocycles. The summed E-state index contributed by atoms with van der Waals surface area (Å²) in [6, 6.07) is 3.22. The summed E-state index contributed by atoms with van der Waals surface area (Å²) in [6.07, 6.45) is 2.46. The predicted octanol–water partition coefficient (Wildman–Crippen LogP) is 3.25. The van der Waals surface area contributed by atoms with E-state index in [4.69, 9.17) is 9.47 Å². The first kappa shape index (κ1) is 17.6. The molecule has 0 heterocycles. The molecule has 0 spiro atoms. The van der Waals surface area contributed by atoms with Gasteiger partial charge in [0.05, 0.1) is 0 Å². The minimum Gasteiger partial charge on any atom is -0.426 e. The third-order valence-corrected chi connectivity index (χ3v) is 2.78. The number of ether oxygens (including phenoxy) is 2. The van der Waals surface area contributed by atoms with Crippen LogP contribution in [0.3, 0.4) is 0 Å². The Labute approximate surface area is 129 Å². The van der Waals surface area contributed by atoms with E-state index in [-0.39, 0.29) is 22.8 Å². The molecule has 0 aliphatic rings. The van der Waals surface area contributed by atoms with Crippen LogP contribution in [0.2, 0.25) is 0 Å². The minimum atomic E-state index is -0.548. The molecular formula is C17H20O5. The average Bonchev–Trinajstić information content (AvgIpc) is 2.35. The van der Waals surface area contributed by atoms with Crippen LogP contribution in [0.25, 0.3) is 0 Å². The second-order valence-corrected chi connectivity index (χ2v) is 5.16. The van der Waals surface area contributed by atoms with E-state index in [1.54, 1.807) is 12.1 Å². The normalized spacial score (nSPS) is 9.86. The molecule has 0 atom stereocenters. The Hall–Kier alpha value is -2.43. The summed E-state index contributed by atoms with van der Waals surface area (Å²) in [5.74, 6) is -1.19. The highest BCUT2D eigenvalue weighted by Gasteiger charge is 2.21. The molecule has 1 rings (SSSR count). The third-order valence-electron chi connectivity index (χ3n) is 2.78. The third kappa shape index (κ3) is 4.84. The van der Waals surface area contributed by atoms with Crippen LogP contribution in [0.5, 0.6) is 11.5 Å². The van der Waals surface area contributed by atoms with Crippen LogP contribution in [0.4, 0.5) is 0 Å². The first-order valence-electron chi connectivity index (χ1n) is 6.89. The van der Waals surface area contributed by atoms with E-state index in [1.165, 1.54) is 20.8 Å². The number of benzene rings is 1. The highest BCUT2D eigenvalue weighted by molar-refractivity contribution is 6.01. The Bertz CT molecular complexity index is 637. The number of carbonyl (C=O) groups is 3. The topological polar surface area (TPSA) is 69.7 Å². The Morgan fingerprint density at radius 2 is 1.55 bits per heavy atom. The summed E-state index contributed by atoms with van der Waals surface area (Å²) < 4.78 is 10.3. The van der Waals surface area contributed by atoms with Crippen LogP contribution < -0.4 is 9.47 Å². The smallest absolute Gasteiger partial charge is 0.308 e. The lowest BCUT2D eigenvalue weighted by molar-refractivity contribution is -0.132. The van der Waals surface area contributed by atoms with E-state index in [0.717, 1.165) is 5.57 Å². The Kier molecular flexibility index (Phi) is 6.04. The van der Waals surface area contributed by atoms with Crippen molar-refractivity contribution in [2.75, 3.05) is 0 Å². The zero-order valence-corrected chi connectivity index (χ0v) is 13.5. The number of ketones is 1. The molecule has 0 N–H and O–H groups in total. The number of allylic oxidation sites excluding steroid dienone is 2. The second-order valence-electron chi connectivity index (χ2n) is 5.16. The fraction of sp³-hybridized carbons (Fsp3) is 0.353. The summed E-state index contributed by atoms with van der Waals surface area (Å²) in [4.78, 5) is 34.5. The molecular weight excluding hydrogens is 284 g/mol. The van der Waals surface area contributed by atoms with Crippen LogP contribution >= 0.6 is 0 Å². The van der Waals surface area contributed by atoms with E-state index in [1.807, 2.05) is 19.9 Å². The van der Waals surface area contributed by atoms with Gasteiger partial charge < -0.3 is 9.47 Å². The zero-order valence-electron chi connectivity index (χ0n) is 13.5. The van der Waals surface area contributed by atoms with Crippen molar-refractivity contribution in [3.8, 4) is 11.5 Å². The van der Waals surface area contributed by atoms with Gasteiger partial charge in [-0.1, -0.05) is 17.7 Å². The number of esters is 2. The fourth-order valence-corrected chi connectivity index (χ4v) is 1.92. The zero-order chi connectivity index (χ0) is 16.9. The second kappa shape index (κ2) is 7.54. The van der Waals surface area contributed by atoms with E-state index in [2.05, 4.69) is 0 Å². The minimum absolute atomic E-state index is 0.0946. The summed E-state index contributed by atoms with van der Waals surface area (Å²) in [6.45, 7) is 7.73. The van der Waals surface area contributed by atoms with Crippen LogP contribution in [0.15, 0.2) is 23.8 Å². The highest BCUT2D eigenvalue weighted by Crippen LogP contribution is 2.34. The van der Waals surface area contributed by atoms with Gasteiger partial charge in [0.25, 0.3) is 0 Å². The molecule has 5 heteroatoms. The van der Waals surface area contributed by atoms with Gasteiger partial charge in [0.1, 0.15) is 17.1 Å². The Balaban J connectivity index is 3.49. The van der Waals surface area contributed by atoms with Crippen molar-refractivity contribution in [3.05, 3.63) is 34.9 Å². The standard InChI is InChI=1S/C17H20O5/c1-10(2)6-7-14-8-9-15(21-12(4)19)16(11(3)18)17(14)22-13(5)20/h6,8-9H,7H2,1-5H3. The van der Waals surface area contributed by atoms with Crippen LogP contribution in [-0.4, -0.2) is 17.7 Å². The molecule has 5 nitrogen and oxygen atoms in total. The molecule has 0 fully saturated rings. The van der Waals surface area contributed by atoms with Gasteiger partial charge in [0.15, 0.2) is 5.78 Å². The van der Waals surface area contributed by atoms with Gasteiger partial charge in [-0.15, -0.1) is 0 Å². The average molecular weight is 304 g/mol. The monoisotopic (exact) mass is 304 g/mol. The van der Waals surface area contributed by atoms with Crippen molar-refractivity contribution < 1.29 is 23.9 Å². The van der Waals surface area contributed by atoms with Crippen molar-refractivity contribution >= 4 is 17.7 Å². The van der Waals surface area contributed by atoms with Gasteiger partial charge >= 0.3 is 11.9 Å². The molecule has 0 unspecified atom stereocenters. The molecule has 1 aromatic carbocycles. The molecule has 0 aromatic heterocycles. The Morgan fingerprint density at radius 3 is 2.00 bits per heavy atom. The first-order valence-corrected chi connectivity index (χ1v) is 6.89. The summed E-state index contributed by atoms with van der Waals surface area (Å²) in [5.41, 5.74) is 1.88. The van der Waals surface area contributed by atoms with E-state index >= 15 is 0 Å². The van der Waals surface area contributed by atoms with Gasteiger partial charge in [-0.25, -0.2) is 0 Å². The summed E-state index contributed by atoms with van der Waals surface area (Å²) in [5, 5.41) is 0. The first-order chi connectivity index (χ1) is 10.2. The van der Waals surface area contributed by atoms with Crippen molar-refractivity contribution in [3.63, 3.8) is 0 Å². The molecule has 0 aliphatic heterocycles. The highest BCUT2D eigenvalue weighted by atomic mass is 16.5. The maximum absolute atomic E-state index is 11.9. The number of Topliss-reactive ketones (excluding diaryl/α,β-unsaturated/α-hetero) is 1. The quantitative estimate of drug-likeness (QED) is 0.361. The summed E-state index contributed by atoms with van der Waals surface area (Å²) >= 11 is 0. The van der Waals surface area contributed by atoms with Crippen molar-refractivity contribution in [1.29, 1.82) is 0 Å². The number of carbonyl (C=O) groups excluding carboxylic acids is 3. The molecule has 22 heavy (non-hydrogen) atoms.